The first-order valence-electron chi connectivity index (χ1n) is 5.91. The Morgan fingerprint density at radius 1 is 1.18 bits per heavy atom. The summed E-state index contributed by atoms with van der Waals surface area (Å²) in [6, 6.07) is 10.7. The van der Waals surface area contributed by atoms with Crippen LogP contribution in [-0.2, 0) is 7.05 Å². The summed E-state index contributed by atoms with van der Waals surface area (Å²) in [5.74, 6) is 0. The number of benzene rings is 1. The van der Waals surface area contributed by atoms with E-state index in [4.69, 9.17) is 0 Å². The Morgan fingerprint density at radius 3 is 2.35 bits per heavy atom. The van der Waals surface area contributed by atoms with Gasteiger partial charge in [0.25, 0.3) is 0 Å². The van der Waals surface area contributed by atoms with Gasteiger partial charge in [-0.3, -0.25) is 4.68 Å². The Hall–Kier alpha value is -1.77. The van der Waals surface area contributed by atoms with Crippen LogP contribution in [0.15, 0.2) is 30.3 Å². The molecular formula is C14H19N3. The van der Waals surface area contributed by atoms with Crippen molar-refractivity contribution in [2.75, 3.05) is 5.32 Å². The molecule has 1 N–H and O–H groups in total. The summed E-state index contributed by atoms with van der Waals surface area (Å²) in [6.45, 7) is 6.29. The second-order valence-corrected chi connectivity index (χ2v) is 4.45. The molecule has 0 aliphatic rings. The summed E-state index contributed by atoms with van der Waals surface area (Å²) in [7, 11) is 1.97. The first-order chi connectivity index (χ1) is 8.09. The van der Waals surface area contributed by atoms with Crippen LogP contribution in [0.5, 0.6) is 0 Å². The van der Waals surface area contributed by atoms with Gasteiger partial charge in [0.05, 0.1) is 17.1 Å². The molecule has 1 unspecified atom stereocenters. The average molecular weight is 229 g/mol. The van der Waals surface area contributed by atoms with E-state index in [1.165, 1.54) is 11.3 Å². The summed E-state index contributed by atoms with van der Waals surface area (Å²) < 4.78 is 1.91. The molecule has 0 aliphatic heterocycles. The van der Waals surface area contributed by atoms with E-state index in [0.29, 0.717) is 0 Å². The van der Waals surface area contributed by atoms with E-state index in [2.05, 4.69) is 48.5 Å². The Balaban J connectivity index is 2.22. The molecule has 0 radical (unpaired) electrons. The lowest BCUT2D eigenvalue weighted by atomic mass is 10.1. The molecule has 1 aromatic carbocycles. The molecule has 3 nitrogen and oxygen atoms in total. The van der Waals surface area contributed by atoms with Gasteiger partial charge in [-0.2, -0.15) is 5.10 Å². The van der Waals surface area contributed by atoms with E-state index in [9.17, 15) is 0 Å². The van der Waals surface area contributed by atoms with Crippen LogP contribution in [0, 0.1) is 13.8 Å². The Morgan fingerprint density at radius 2 is 1.82 bits per heavy atom. The minimum Gasteiger partial charge on any atom is -0.376 e. The van der Waals surface area contributed by atoms with Crippen molar-refractivity contribution in [1.29, 1.82) is 0 Å². The van der Waals surface area contributed by atoms with E-state index in [-0.39, 0.29) is 6.04 Å². The quantitative estimate of drug-likeness (QED) is 0.875. The molecule has 1 aromatic heterocycles. The molecular weight excluding hydrogens is 210 g/mol. The Kier molecular flexibility index (Phi) is 3.18. The van der Waals surface area contributed by atoms with Crippen molar-refractivity contribution in [2.45, 2.75) is 26.8 Å². The van der Waals surface area contributed by atoms with Crippen LogP contribution in [0.1, 0.15) is 29.9 Å². The fourth-order valence-corrected chi connectivity index (χ4v) is 2.02. The highest BCUT2D eigenvalue weighted by molar-refractivity contribution is 5.53. The molecule has 2 aromatic rings. The summed E-state index contributed by atoms with van der Waals surface area (Å²) in [5, 5.41) is 7.94. The van der Waals surface area contributed by atoms with Gasteiger partial charge >= 0.3 is 0 Å². The molecule has 1 atom stereocenters. The molecule has 90 valence electrons. The number of hydrogen-bond acceptors (Lipinski definition) is 2. The fourth-order valence-electron chi connectivity index (χ4n) is 2.02. The van der Waals surface area contributed by atoms with Crippen molar-refractivity contribution in [2.24, 2.45) is 7.05 Å². The van der Waals surface area contributed by atoms with Crippen molar-refractivity contribution in [1.82, 2.24) is 9.78 Å². The number of hydrogen-bond donors (Lipinski definition) is 1. The van der Waals surface area contributed by atoms with E-state index >= 15 is 0 Å². The monoisotopic (exact) mass is 229 g/mol. The third-order valence-electron chi connectivity index (χ3n) is 3.17. The smallest absolute Gasteiger partial charge is 0.0828 e. The molecule has 2 rings (SSSR count). The maximum Gasteiger partial charge on any atom is 0.0828 e. The van der Waals surface area contributed by atoms with Gasteiger partial charge in [-0.1, -0.05) is 30.3 Å². The summed E-state index contributed by atoms with van der Waals surface area (Å²) in [4.78, 5) is 0. The fraction of sp³-hybridized carbons (Fsp3) is 0.357. The lowest BCUT2D eigenvalue weighted by Gasteiger charge is -2.15. The van der Waals surface area contributed by atoms with Gasteiger partial charge in [0.1, 0.15) is 0 Å². The molecule has 0 spiro atoms. The maximum atomic E-state index is 4.41. The Labute approximate surface area is 102 Å². The van der Waals surface area contributed by atoms with Crippen LogP contribution in [0.2, 0.25) is 0 Å². The highest BCUT2D eigenvalue weighted by Gasteiger charge is 2.12. The van der Waals surface area contributed by atoms with Crippen molar-refractivity contribution < 1.29 is 0 Å². The topological polar surface area (TPSA) is 29.9 Å². The lowest BCUT2D eigenvalue weighted by molar-refractivity contribution is 0.731. The minimum atomic E-state index is 0.290. The van der Waals surface area contributed by atoms with Crippen molar-refractivity contribution in [3.05, 3.63) is 47.3 Å². The molecule has 0 bridgehead atoms. The van der Waals surface area contributed by atoms with Gasteiger partial charge in [0.2, 0.25) is 0 Å². The van der Waals surface area contributed by atoms with Gasteiger partial charge < -0.3 is 5.32 Å². The van der Waals surface area contributed by atoms with Gasteiger partial charge in [-0.25, -0.2) is 0 Å². The van der Waals surface area contributed by atoms with E-state index < -0.39 is 0 Å². The molecule has 0 aliphatic carbocycles. The highest BCUT2D eigenvalue weighted by atomic mass is 15.3. The SMILES string of the molecule is Cc1nn(C)c(C)c1NC(C)c1ccccc1. The van der Waals surface area contributed by atoms with Crippen LogP contribution in [-0.4, -0.2) is 9.78 Å². The Bertz CT molecular complexity index is 500. The summed E-state index contributed by atoms with van der Waals surface area (Å²) in [6.07, 6.45) is 0. The number of aromatic nitrogens is 2. The predicted octanol–water partition coefficient (Wildman–Crippen LogP) is 3.21. The molecule has 17 heavy (non-hydrogen) atoms. The van der Waals surface area contributed by atoms with Crippen LogP contribution in [0.25, 0.3) is 0 Å². The number of anilines is 1. The number of rotatable bonds is 3. The maximum absolute atomic E-state index is 4.41. The van der Waals surface area contributed by atoms with Crippen LogP contribution >= 0.6 is 0 Å². The molecule has 1 heterocycles. The summed E-state index contributed by atoms with van der Waals surface area (Å²) >= 11 is 0. The zero-order chi connectivity index (χ0) is 12.4. The van der Waals surface area contributed by atoms with Gasteiger partial charge in [-0.15, -0.1) is 0 Å². The van der Waals surface area contributed by atoms with Crippen LogP contribution in [0.4, 0.5) is 5.69 Å². The molecule has 0 saturated heterocycles. The molecule has 3 heteroatoms. The third kappa shape index (κ3) is 2.33. The second kappa shape index (κ2) is 4.62. The normalized spacial score (nSPS) is 12.5. The number of nitrogens with one attached hydrogen (secondary N) is 1. The predicted molar refractivity (Wildman–Crippen MR) is 71.2 cm³/mol. The van der Waals surface area contributed by atoms with E-state index in [1.54, 1.807) is 0 Å². The van der Waals surface area contributed by atoms with Crippen LogP contribution < -0.4 is 5.32 Å². The highest BCUT2D eigenvalue weighted by Crippen LogP contribution is 2.24. The van der Waals surface area contributed by atoms with E-state index in [1.807, 2.05) is 24.7 Å². The first kappa shape index (κ1) is 11.7. The van der Waals surface area contributed by atoms with Gasteiger partial charge in [0.15, 0.2) is 0 Å². The minimum absolute atomic E-state index is 0.290. The number of nitrogens with zero attached hydrogens (tertiary/aromatic N) is 2. The average Bonchev–Trinajstić information content (AvgIpc) is 2.57. The zero-order valence-electron chi connectivity index (χ0n) is 10.9. The van der Waals surface area contributed by atoms with Crippen LogP contribution in [0.3, 0.4) is 0 Å². The van der Waals surface area contributed by atoms with Crippen molar-refractivity contribution >= 4 is 5.69 Å². The summed E-state index contributed by atoms with van der Waals surface area (Å²) in [5.41, 5.74) is 4.65. The van der Waals surface area contributed by atoms with Gasteiger partial charge in [0, 0.05) is 13.1 Å². The molecule has 0 fully saturated rings. The second-order valence-electron chi connectivity index (χ2n) is 4.45. The van der Waals surface area contributed by atoms with Gasteiger partial charge in [-0.05, 0) is 26.3 Å². The standard InChI is InChI=1S/C14H19N3/c1-10(13-8-6-5-7-9-13)15-14-11(2)16-17(4)12(14)3/h5-10,15H,1-4H3. The third-order valence-corrected chi connectivity index (χ3v) is 3.17. The zero-order valence-corrected chi connectivity index (χ0v) is 10.9. The van der Waals surface area contributed by atoms with Crippen molar-refractivity contribution in [3.8, 4) is 0 Å². The molecule has 0 amide bonds. The lowest BCUT2D eigenvalue weighted by Crippen LogP contribution is -2.07. The van der Waals surface area contributed by atoms with E-state index in [0.717, 1.165) is 11.4 Å². The largest absolute Gasteiger partial charge is 0.376 e. The number of aryl methyl sites for hydroxylation is 2. The first-order valence-corrected chi connectivity index (χ1v) is 5.91. The molecule has 0 saturated carbocycles. The van der Waals surface area contributed by atoms with Crippen molar-refractivity contribution in [3.63, 3.8) is 0 Å².